The highest BCUT2D eigenvalue weighted by Crippen LogP contribution is 2.26. The van der Waals surface area contributed by atoms with Crippen LogP contribution >= 0.6 is 11.3 Å². The van der Waals surface area contributed by atoms with Gasteiger partial charge in [0.15, 0.2) is 0 Å². The van der Waals surface area contributed by atoms with E-state index in [0.717, 1.165) is 54.6 Å². The summed E-state index contributed by atoms with van der Waals surface area (Å²) in [4.78, 5) is 15.9. The number of fused-ring (bicyclic) bond motifs is 1. The van der Waals surface area contributed by atoms with Crippen molar-refractivity contribution in [3.05, 3.63) is 67.7 Å². The van der Waals surface area contributed by atoms with Gasteiger partial charge in [-0.3, -0.25) is 4.90 Å². The van der Waals surface area contributed by atoms with Gasteiger partial charge < -0.3 is 9.15 Å². The number of nitrogens with zero attached hydrogens (tertiary/aromatic N) is 1. The Morgan fingerprint density at radius 1 is 1.22 bits per heavy atom. The molecular weight excluding hydrogens is 358 g/mol. The van der Waals surface area contributed by atoms with Crippen LogP contribution in [0.4, 0.5) is 0 Å². The average Bonchev–Trinajstić information content (AvgIpc) is 3.32. The van der Waals surface area contributed by atoms with Gasteiger partial charge in [-0.25, -0.2) is 4.79 Å². The lowest BCUT2D eigenvalue weighted by Gasteiger charge is -2.25. The lowest BCUT2D eigenvalue weighted by molar-refractivity contribution is 0.0683. The first-order valence-corrected chi connectivity index (χ1v) is 10.4. The second-order valence-electron chi connectivity index (χ2n) is 7.36. The van der Waals surface area contributed by atoms with Gasteiger partial charge in [0.1, 0.15) is 5.58 Å². The standard InChI is InChI=1S/C22H25NO3S/c1-15-7-8-20-17(11-21(24)26-22(20)16(15)2)12-23(13-18-5-3-9-25-18)14-19-6-4-10-27-19/h4,6-8,10-11,18H,3,5,9,12-14H2,1-2H3/t18-/m1/s1. The minimum absolute atomic E-state index is 0.278. The summed E-state index contributed by atoms with van der Waals surface area (Å²) >= 11 is 1.77. The minimum Gasteiger partial charge on any atom is -0.422 e. The normalized spacial score (nSPS) is 17.2. The van der Waals surface area contributed by atoms with Crippen LogP contribution < -0.4 is 5.63 Å². The predicted octanol–water partition coefficient (Wildman–Crippen LogP) is 4.65. The summed E-state index contributed by atoms with van der Waals surface area (Å²) in [7, 11) is 0. The third-order valence-electron chi connectivity index (χ3n) is 5.36. The molecule has 0 aliphatic carbocycles. The van der Waals surface area contributed by atoms with Crippen molar-refractivity contribution in [2.75, 3.05) is 13.2 Å². The van der Waals surface area contributed by atoms with E-state index >= 15 is 0 Å². The number of hydrogen-bond acceptors (Lipinski definition) is 5. The van der Waals surface area contributed by atoms with Crippen molar-refractivity contribution in [1.29, 1.82) is 0 Å². The van der Waals surface area contributed by atoms with Crippen molar-refractivity contribution in [2.24, 2.45) is 0 Å². The fourth-order valence-electron chi connectivity index (χ4n) is 3.78. The van der Waals surface area contributed by atoms with Crippen LogP contribution in [0.2, 0.25) is 0 Å². The molecule has 0 unspecified atom stereocenters. The molecule has 0 radical (unpaired) electrons. The van der Waals surface area contributed by atoms with Gasteiger partial charge in [-0.1, -0.05) is 18.2 Å². The first-order valence-electron chi connectivity index (χ1n) is 9.49. The van der Waals surface area contributed by atoms with Crippen LogP contribution in [0, 0.1) is 13.8 Å². The average molecular weight is 384 g/mol. The Morgan fingerprint density at radius 2 is 2.11 bits per heavy atom. The van der Waals surface area contributed by atoms with Crippen LogP contribution in [0.3, 0.4) is 0 Å². The number of ether oxygens (including phenoxy) is 1. The van der Waals surface area contributed by atoms with Gasteiger partial charge in [-0.15, -0.1) is 11.3 Å². The van der Waals surface area contributed by atoms with Gasteiger partial charge >= 0.3 is 5.63 Å². The highest BCUT2D eigenvalue weighted by Gasteiger charge is 2.21. The maximum absolute atomic E-state index is 12.2. The summed E-state index contributed by atoms with van der Waals surface area (Å²) in [6, 6.07) is 10.1. The van der Waals surface area contributed by atoms with Gasteiger partial charge in [0.05, 0.1) is 6.10 Å². The van der Waals surface area contributed by atoms with Gasteiger partial charge in [0.2, 0.25) is 0 Å². The Balaban J connectivity index is 1.67. The van der Waals surface area contributed by atoms with Gasteiger partial charge in [-0.05, 0) is 54.8 Å². The van der Waals surface area contributed by atoms with E-state index in [0.29, 0.717) is 12.1 Å². The number of rotatable bonds is 6. The van der Waals surface area contributed by atoms with Crippen molar-refractivity contribution in [3.8, 4) is 0 Å². The quantitative estimate of drug-likeness (QED) is 0.581. The molecule has 0 spiro atoms. The van der Waals surface area contributed by atoms with Crippen LogP contribution in [-0.2, 0) is 17.8 Å². The Labute approximate surface area is 163 Å². The third-order valence-corrected chi connectivity index (χ3v) is 6.22. The number of thiophene rings is 1. The number of benzene rings is 1. The fourth-order valence-corrected chi connectivity index (χ4v) is 4.53. The summed E-state index contributed by atoms with van der Waals surface area (Å²) < 4.78 is 11.4. The second kappa shape index (κ2) is 7.97. The van der Waals surface area contributed by atoms with Crippen molar-refractivity contribution in [3.63, 3.8) is 0 Å². The van der Waals surface area contributed by atoms with E-state index in [1.165, 1.54) is 4.88 Å². The molecule has 142 valence electrons. The molecule has 0 N–H and O–H groups in total. The van der Waals surface area contributed by atoms with Gasteiger partial charge in [0.25, 0.3) is 0 Å². The Hall–Kier alpha value is -1.95. The van der Waals surface area contributed by atoms with Crippen LogP contribution in [0.25, 0.3) is 11.0 Å². The van der Waals surface area contributed by atoms with Crippen LogP contribution in [0.5, 0.6) is 0 Å². The van der Waals surface area contributed by atoms with Crippen LogP contribution in [0.15, 0.2) is 44.9 Å². The zero-order chi connectivity index (χ0) is 18.8. The largest absolute Gasteiger partial charge is 0.422 e. The van der Waals surface area contributed by atoms with Crippen molar-refractivity contribution in [1.82, 2.24) is 4.90 Å². The first-order chi connectivity index (χ1) is 13.1. The van der Waals surface area contributed by atoms with Gasteiger partial charge in [0, 0.05) is 42.6 Å². The van der Waals surface area contributed by atoms with Gasteiger partial charge in [-0.2, -0.15) is 0 Å². The smallest absolute Gasteiger partial charge is 0.336 e. The summed E-state index contributed by atoms with van der Waals surface area (Å²) in [5.41, 5.74) is 3.64. The molecule has 27 heavy (non-hydrogen) atoms. The molecule has 0 bridgehead atoms. The maximum Gasteiger partial charge on any atom is 0.336 e. The summed E-state index contributed by atoms with van der Waals surface area (Å²) in [6.07, 6.45) is 2.52. The summed E-state index contributed by atoms with van der Waals surface area (Å²) in [6.45, 7) is 7.37. The molecule has 3 aromatic rings. The van der Waals surface area contributed by atoms with Crippen molar-refractivity contribution >= 4 is 22.3 Å². The molecular formula is C22H25NO3S. The van der Waals surface area contributed by atoms with E-state index in [1.807, 2.05) is 13.8 Å². The molecule has 1 atom stereocenters. The Bertz CT molecular complexity index is 971. The molecule has 4 nitrogen and oxygen atoms in total. The Morgan fingerprint density at radius 3 is 2.85 bits per heavy atom. The van der Waals surface area contributed by atoms with Crippen LogP contribution in [-0.4, -0.2) is 24.2 Å². The molecule has 1 saturated heterocycles. The molecule has 1 aromatic carbocycles. The molecule has 1 fully saturated rings. The Kier molecular flexibility index (Phi) is 5.43. The second-order valence-corrected chi connectivity index (χ2v) is 8.39. The highest BCUT2D eigenvalue weighted by atomic mass is 32.1. The zero-order valence-electron chi connectivity index (χ0n) is 15.9. The topological polar surface area (TPSA) is 42.7 Å². The summed E-state index contributed by atoms with van der Waals surface area (Å²) in [5, 5.41) is 3.14. The highest BCUT2D eigenvalue weighted by molar-refractivity contribution is 7.09. The molecule has 1 aliphatic rings. The molecule has 1 aliphatic heterocycles. The molecule has 0 amide bonds. The molecule has 3 heterocycles. The number of aryl methyl sites for hydroxylation is 2. The number of hydrogen-bond donors (Lipinski definition) is 0. The SMILES string of the molecule is Cc1ccc2c(CN(Cc3cccs3)C[C@H]3CCCO3)cc(=O)oc2c1C. The monoisotopic (exact) mass is 383 g/mol. The lowest BCUT2D eigenvalue weighted by Crippen LogP contribution is -2.31. The predicted molar refractivity (Wildman–Crippen MR) is 109 cm³/mol. The van der Waals surface area contributed by atoms with E-state index in [1.54, 1.807) is 17.4 Å². The van der Waals surface area contributed by atoms with Crippen molar-refractivity contribution in [2.45, 2.75) is 45.9 Å². The van der Waals surface area contributed by atoms with E-state index in [2.05, 4.69) is 34.5 Å². The van der Waals surface area contributed by atoms with E-state index in [9.17, 15) is 4.79 Å². The minimum atomic E-state index is -0.278. The van der Waals surface area contributed by atoms with E-state index in [4.69, 9.17) is 9.15 Å². The third kappa shape index (κ3) is 4.15. The summed E-state index contributed by atoms with van der Waals surface area (Å²) in [5.74, 6) is 0. The fraction of sp³-hybridized carbons (Fsp3) is 0.409. The lowest BCUT2D eigenvalue weighted by atomic mass is 10.0. The van der Waals surface area contributed by atoms with Crippen molar-refractivity contribution < 1.29 is 9.15 Å². The zero-order valence-corrected chi connectivity index (χ0v) is 16.7. The molecule has 4 rings (SSSR count). The maximum atomic E-state index is 12.2. The van der Waals surface area contributed by atoms with E-state index in [-0.39, 0.29) is 11.7 Å². The van der Waals surface area contributed by atoms with Crippen LogP contribution in [0.1, 0.15) is 34.4 Å². The molecule has 0 saturated carbocycles. The molecule has 2 aromatic heterocycles. The van der Waals surface area contributed by atoms with E-state index < -0.39 is 0 Å². The first kappa shape index (κ1) is 18.4. The molecule has 5 heteroatoms.